The molecule has 2 N–H and O–H groups in total. The van der Waals surface area contributed by atoms with Gasteiger partial charge in [0, 0.05) is 23.9 Å². The van der Waals surface area contributed by atoms with E-state index in [1.54, 1.807) is 6.26 Å². The van der Waals surface area contributed by atoms with Gasteiger partial charge < -0.3 is 9.73 Å². The van der Waals surface area contributed by atoms with Gasteiger partial charge in [0.15, 0.2) is 0 Å². The van der Waals surface area contributed by atoms with Gasteiger partial charge in [-0.05, 0) is 48.8 Å². The molecule has 2 unspecified atom stereocenters. The molecule has 0 radical (unpaired) electrons. The summed E-state index contributed by atoms with van der Waals surface area (Å²) in [6, 6.07) is 4.30. The van der Waals surface area contributed by atoms with Gasteiger partial charge in [-0.15, -0.1) is 0 Å². The van der Waals surface area contributed by atoms with Crippen molar-refractivity contribution in [1.29, 1.82) is 0 Å². The molecule has 0 bridgehead atoms. The van der Waals surface area contributed by atoms with Crippen LogP contribution in [0, 0.1) is 5.41 Å². The smallest absolute Gasteiger partial charge is 0.234 e. The lowest BCUT2D eigenvalue weighted by molar-refractivity contribution is -0.134. The zero-order valence-corrected chi connectivity index (χ0v) is 13.5. The Kier molecular flexibility index (Phi) is 2.92. The third kappa shape index (κ3) is 1.97. The fourth-order valence-corrected chi connectivity index (χ4v) is 4.77. The molecule has 2 aliphatic heterocycles. The standard InChI is InChI=1S/C19H20N2O3/c22-16-4-3-13(18(23)21-16)15-9-24-17-12(15)2-1-11-7-19(8-14(11)17)5-6-20-10-19/h1-2,9,13,20H,3-8,10H2,(H,21,22,23). The Morgan fingerprint density at radius 1 is 1.21 bits per heavy atom. The molecule has 2 fully saturated rings. The molecule has 5 rings (SSSR count). The number of hydrogen-bond acceptors (Lipinski definition) is 4. The van der Waals surface area contributed by atoms with E-state index in [1.807, 2.05) is 0 Å². The van der Waals surface area contributed by atoms with Crippen LogP contribution in [0.3, 0.4) is 0 Å². The molecular weight excluding hydrogens is 304 g/mol. The van der Waals surface area contributed by atoms with E-state index in [0.29, 0.717) is 18.3 Å². The van der Waals surface area contributed by atoms with E-state index in [0.717, 1.165) is 42.5 Å². The van der Waals surface area contributed by atoms with Crippen LogP contribution in [0.1, 0.15) is 41.9 Å². The van der Waals surface area contributed by atoms with Crippen LogP contribution in [0.4, 0.5) is 0 Å². The van der Waals surface area contributed by atoms with Crippen LogP contribution < -0.4 is 10.6 Å². The van der Waals surface area contributed by atoms with Crippen LogP contribution in [-0.2, 0) is 22.4 Å². The lowest BCUT2D eigenvalue weighted by Gasteiger charge is -2.20. The van der Waals surface area contributed by atoms with Crippen molar-refractivity contribution in [2.24, 2.45) is 5.41 Å². The van der Waals surface area contributed by atoms with E-state index in [1.165, 1.54) is 17.5 Å². The Labute approximate surface area is 139 Å². The summed E-state index contributed by atoms with van der Waals surface area (Å²) in [6.07, 6.45) is 6.05. The van der Waals surface area contributed by atoms with E-state index >= 15 is 0 Å². The highest BCUT2D eigenvalue weighted by atomic mass is 16.3. The normalized spacial score (nSPS) is 29.4. The average Bonchev–Trinajstić information content (AvgIpc) is 3.26. The van der Waals surface area contributed by atoms with Gasteiger partial charge in [-0.3, -0.25) is 14.9 Å². The number of amides is 2. The Bertz CT molecular complexity index is 861. The third-order valence-corrected chi connectivity index (χ3v) is 6.04. The molecule has 1 aromatic heterocycles. The van der Waals surface area contributed by atoms with Gasteiger partial charge in [0.2, 0.25) is 11.8 Å². The van der Waals surface area contributed by atoms with Crippen LogP contribution in [0.2, 0.25) is 0 Å². The first-order valence-electron chi connectivity index (χ1n) is 8.72. The van der Waals surface area contributed by atoms with Crippen LogP contribution >= 0.6 is 0 Å². The predicted molar refractivity (Wildman–Crippen MR) is 88.7 cm³/mol. The molecule has 3 aliphatic rings. The highest BCUT2D eigenvalue weighted by Gasteiger charge is 2.41. The Hall–Kier alpha value is -2.14. The lowest BCUT2D eigenvalue weighted by Crippen LogP contribution is -2.39. The second-order valence-corrected chi connectivity index (χ2v) is 7.55. The van der Waals surface area contributed by atoms with E-state index in [2.05, 4.69) is 22.8 Å². The van der Waals surface area contributed by atoms with Gasteiger partial charge >= 0.3 is 0 Å². The maximum Gasteiger partial charge on any atom is 0.234 e. The number of carbonyl (C=O) groups is 2. The molecular formula is C19H20N2O3. The minimum absolute atomic E-state index is 0.180. The maximum atomic E-state index is 12.2. The SMILES string of the molecule is O=C1CCC(c2coc3c4c(ccc23)CC2(CCNC2)C4)C(=O)N1. The maximum absolute atomic E-state index is 12.2. The molecule has 124 valence electrons. The molecule has 2 atom stereocenters. The van der Waals surface area contributed by atoms with Crippen molar-refractivity contribution in [3.8, 4) is 0 Å². The Morgan fingerprint density at radius 3 is 2.92 bits per heavy atom. The summed E-state index contributed by atoms with van der Waals surface area (Å²) in [5, 5.41) is 6.97. The van der Waals surface area contributed by atoms with Crippen molar-refractivity contribution in [2.75, 3.05) is 13.1 Å². The van der Waals surface area contributed by atoms with Gasteiger partial charge in [0.1, 0.15) is 5.58 Å². The van der Waals surface area contributed by atoms with E-state index in [9.17, 15) is 9.59 Å². The van der Waals surface area contributed by atoms with E-state index < -0.39 is 0 Å². The quantitative estimate of drug-likeness (QED) is 0.788. The number of fused-ring (bicyclic) bond motifs is 3. The molecule has 24 heavy (non-hydrogen) atoms. The van der Waals surface area contributed by atoms with Gasteiger partial charge in [-0.2, -0.15) is 0 Å². The summed E-state index contributed by atoms with van der Waals surface area (Å²) < 4.78 is 5.94. The molecule has 5 heteroatoms. The number of hydrogen-bond donors (Lipinski definition) is 2. The van der Waals surface area contributed by atoms with Gasteiger partial charge in [-0.25, -0.2) is 0 Å². The number of imide groups is 1. The van der Waals surface area contributed by atoms with Crippen molar-refractivity contribution < 1.29 is 14.0 Å². The van der Waals surface area contributed by atoms with Crippen molar-refractivity contribution in [3.63, 3.8) is 0 Å². The molecule has 1 aliphatic carbocycles. The molecule has 2 saturated heterocycles. The predicted octanol–water partition coefficient (Wildman–Crippen LogP) is 2.03. The van der Waals surface area contributed by atoms with Gasteiger partial charge in [-0.1, -0.05) is 12.1 Å². The fraction of sp³-hybridized carbons (Fsp3) is 0.474. The van der Waals surface area contributed by atoms with E-state index in [-0.39, 0.29) is 17.7 Å². The number of rotatable bonds is 1. The molecule has 3 heterocycles. The summed E-state index contributed by atoms with van der Waals surface area (Å²) in [5.74, 6) is -0.669. The molecule has 1 aromatic carbocycles. The van der Waals surface area contributed by atoms with Gasteiger partial charge in [0.25, 0.3) is 0 Å². The lowest BCUT2D eigenvalue weighted by atomic mass is 9.84. The first-order chi connectivity index (χ1) is 11.7. The minimum Gasteiger partial charge on any atom is -0.464 e. The number of benzene rings is 1. The highest BCUT2D eigenvalue weighted by Crippen LogP contribution is 2.45. The number of nitrogens with one attached hydrogen (secondary N) is 2. The van der Waals surface area contributed by atoms with Crippen molar-refractivity contribution >= 4 is 22.8 Å². The summed E-state index contributed by atoms with van der Waals surface area (Å²) in [7, 11) is 0. The summed E-state index contributed by atoms with van der Waals surface area (Å²) in [4.78, 5) is 23.6. The third-order valence-electron chi connectivity index (χ3n) is 6.04. The largest absolute Gasteiger partial charge is 0.464 e. The second-order valence-electron chi connectivity index (χ2n) is 7.55. The number of piperidine rings is 1. The van der Waals surface area contributed by atoms with Crippen molar-refractivity contribution in [2.45, 2.75) is 38.0 Å². The Morgan fingerprint density at radius 2 is 2.12 bits per heavy atom. The molecule has 2 aromatic rings. The zero-order valence-electron chi connectivity index (χ0n) is 13.5. The summed E-state index contributed by atoms with van der Waals surface area (Å²) in [6.45, 7) is 2.17. The summed E-state index contributed by atoms with van der Waals surface area (Å²) >= 11 is 0. The first kappa shape index (κ1) is 14.2. The fourth-order valence-electron chi connectivity index (χ4n) is 4.77. The summed E-state index contributed by atoms with van der Waals surface area (Å²) in [5.41, 5.74) is 4.91. The zero-order chi connectivity index (χ0) is 16.3. The van der Waals surface area contributed by atoms with Crippen molar-refractivity contribution in [3.05, 3.63) is 35.1 Å². The van der Waals surface area contributed by atoms with E-state index in [4.69, 9.17) is 4.42 Å². The first-order valence-corrected chi connectivity index (χ1v) is 8.72. The monoisotopic (exact) mass is 324 g/mol. The molecule has 1 spiro atoms. The number of furan rings is 1. The highest BCUT2D eigenvalue weighted by molar-refractivity contribution is 6.03. The molecule has 5 nitrogen and oxygen atoms in total. The number of carbonyl (C=O) groups excluding carboxylic acids is 2. The van der Waals surface area contributed by atoms with Crippen molar-refractivity contribution in [1.82, 2.24) is 10.6 Å². The van der Waals surface area contributed by atoms with Gasteiger partial charge in [0.05, 0.1) is 12.2 Å². The van der Waals surface area contributed by atoms with Crippen LogP contribution in [-0.4, -0.2) is 24.9 Å². The van der Waals surface area contributed by atoms with Crippen LogP contribution in [0.15, 0.2) is 22.8 Å². The van der Waals surface area contributed by atoms with Crippen LogP contribution in [0.5, 0.6) is 0 Å². The minimum atomic E-state index is -0.287. The second kappa shape index (κ2) is 4.93. The average molecular weight is 324 g/mol. The topological polar surface area (TPSA) is 71.3 Å². The Balaban J connectivity index is 1.56. The molecule has 2 amide bonds. The van der Waals surface area contributed by atoms with Crippen LogP contribution in [0.25, 0.3) is 11.0 Å². The molecule has 0 saturated carbocycles.